The van der Waals surface area contributed by atoms with Gasteiger partial charge >= 0.3 is 6.18 Å². The minimum atomic E-state index is -4.28. The Bertz CT molecular complexity index is 660. The molecule has 1 atom stereocenters. The summed E-state index contributed by atoms with van der Waals surface area (Å²) in [6, 6.07) is 14.9. The Balaban J connectivity index is 0.00000182. The van der Waals surface area contributed by atoms with E-state index >= 15 is 0 Å². The molecule has 1 aliphatic heterocycles. The Morgan fingerprint density at radius 2 is 1.52 bits per heavy atom. The number of rotatable bonds is 5. The first-order valence-corrected chi connectivity index (χ1v) is 8.43. The smallest absolute Gasteiger partial charge is 0.381 e. The summed E-state index contributed by atoms with van der Waals surface area (Å²) in [5, 5.41) is 6.34. The maximum atomic E-state index is 13.6. The van der Waals surface area contributed by atoms with Crippen LogP contribution in [0.3, 0.4) is 0 Å². The number of hydrogen-bond donors (Lipinski definition) is 2. The third-order valence-corrected chi connectivity index (χ3v) is 4.39. The van der Waals surface area contributed by atoms with Crippen molar-refractivity contribution in [2.45, 2.75) is 18.8 Å². The average Bonchev–Trinajstić information content (AvgIpc) is 2.62. The van der Waals surface area contributed by atoms with Crippen LogP contribution < -0.4 is 10.6 Å². The van der Waals surface area contributed by atoms with E-state index in [0.29, 0.717) is 38.3 Å². The first-order valence-electron chi connectivity index (χ1n) is 8.43. The van der Waals surface area contributed by atoms with E-state index in [2.05, 4.69) is 10.6 Å². The Kier molecular flexibility index (Phi) is 9.39. The highest BCUT2D eigenvalue weighted by atomic mass is 35.5. The summed E-state index contributed by atoms with van der Waals surface area (Å²) < 4.78 is 40.7. The largest absolute Gasteiger partial charge is 0.408 e. The number of nitrogens with one attached hydrogen (secondary N) is 2. The Hall–Kier alpha value is -1.47. The van der Waals surface area contributed by atoms with Crippen molar-refractivity contribution < 1.29 is 13.2 Å². The SMILES string of the molecule is Cl.Cl.FC(F)(F)[C@H](c1ccc(NCc2ccccc2)cc1)N1CCNCC1. The number of halogens is 5. The predicted octanol–water partition coefficient (Wildman–Crippen LogP) is 4.65. The van der Waals surface area contributed by atoms with Gasteiger partial charge in [-0.2, -0.15) is 13.2 Å². The molecule has 2 aromatic rings. The molecule has 0 amide bonds. The summed E-state index contributed by atoms with van der Waals surface area (Å²) in [5.41, 5.74) is 2.23. The molecule has 8 heteroatoms. The fourth-order valence-electron chi connectivity index (χ4n) is 3.13. The molecule has 2 N–H and O–H groups in total. The van der Waals surface area contributed by atoms with Crippen LogP contribution >= 0.6 is 24.8 Å². The molecule has 27 heavy (non-hydrogen) atoms. The summed E-state index contributed by atoms with van der Waals surface area (Å²) >= 11 is 0. The zero-order chi connectivity index (χ0) is 17.7. The molecule has 1 fully saturated rings. The van der Waals surface area contributed by atoms with Gasteiger partial charge in [0.15, 0.2) is 0 Å². The summed E-state index contributed by atoms with van der Waals surface area (Å²) in [6.45, 7) is 2.61. The van der Waals surface area contributed by atoms with Crippen molar-refractivity contribution in [2.24, 2.45) is 0 Å². The van der Waals surface area contributed by atoms with Crippen molar-refractivity contribution in [3.63, 3.8) is 0 Å². The maximum absolute atomic E-state index is 13.6. The van der Waals surface area contributed by atoms with Gasteiger partial charge in [-0.3, -0.25) is 4.90 Å². The van der Waals surface area contributed by atoms with Gasteiger partial charge in [0.25, 0.3) is 0 Å². The lowest BCUT2D eigenvalue weighted by atomic mass is 10.0. The molecule has 0 spiro atoms. The molecular formula is C19H24Cl2F3N3. The van der Waals surface area contributed by atoms with E-state index in [0.717, 1.165) is 11.3 Å². The summed E-state index contributed by atoms with van der Waals surface area (Å²) in [6.07, 6.45) is -4.28. The van der Waals surface area contributed by atoms with Crippen LogP contribution in [-0.4, -0.2) is 37.3 Å². The third kappa shape index (κ3) is 6.57. The highest BCUT2D eigenvalue weighted by Crippen LogP contribution is 2.38. The molecule has 0 aromatic heterocycles. The molecule has 3 nitrogen and oxygen atoms in total. The van der Waals surface area contributed by atoms with Crippen LogP contribution in [0.4, 0.5) is 18.9 Å². The van der Waals surface area contributed by atoms with Gasteiger partial charge in [-0.25, -0.2) is 0 Å². The molecule has 1 heterocycles. The lowest BCUT2D eigenvalue weighted by molar-refractivity contribution is -0.187. The summed E-state index contributed by atoms with van der Waals surface area (Å²) in [4.78, 5) is 1.50. The highest BCUT2D eigenvalue weighted by Gasteiger charge is 2.44. The molecule has 0 radical (unpaired) electrons. The van der Waals surface area contributed by atoms with Crippen LogP contribution in [0.5, 0.6) is 0 Å². The van der Waals surface area contributed by atoms with Crippen molar-refractivity contribution in [1.29, 1.82) is 0 Å². The van der Waals surface area contributed by atoms with Crippen LogP contribution in [0.25, 0.3) is 0 Å². The minimum Gasteiger partial charge on any atom is -0.381 e. The molecule has 0 saturated carbocycles. The molecule has 0 unspecified atom stereocenters. The number of alkyl halides is 3. The first kappa shape index (κ1) is 23.6. The number of nitrogens with zero attached hydrogens (tertiary/aromatic N) is 1. The number of piperazine rings is 1. The highest BCUT2D eigenvalue weighted by molar-refractivity contribution is 5.85. The van der Waals surface area contributed by atoms with E-state index in [4.69, 9.17) is 0 Å². The quantitative estimate of drug-likeness (QED) is 0.735. The molecule has 0 bridgehead atoms. The van der Waals surface area contributed by atoms with Gasteiger partial charge in [0.05, 0.1) is 0 Å². The van der Waals surface area contributed by atoms with Gasteiger partial charge in [0.1, 0.15) is 6.04 Å². The van der Waals surface area contributed by atoms with E-state index in [-0.39, 0.29) is 24.8 Å². The second-order valence-corrected chi connectivity index (χ2v) is 6.19. The number of hydrogen-bond acceptors (Lipinski definition) is 3. The lowest BCUT2D eigenvalue weighted by Gasteiger charge is -2.36. The average molecular weight is 422 g/mol. The van der Waals surface area contributed by atoms with Crippen LogP contribution in [0.15, 0.2) is 54.6 Å². The lowest BCUT2D eigenvalue weighted by Crippen LogP contribution is -2.49. The molecule has 1 aliphatic rings. The summed E-state index contributed by atoms with van der Waals surface area (Å²) in [5.74, 6) is 0. The Labute approximate surface area is 170 Å². The van der Waals surface area contributed by atoms with Crippen molar-refractivity contribution in [3.05, 3.63) is 65.7 Å². The Morgan fingerprint density at radius 1 is 0.926 bits per heavy atom. The van der Waals surface area contributed by atoms with Gasteiger partial charge in [-0.05, 0) is 23.3 Å². The maximum Gasteiger partial charge on any atom is 0.408 e. The van der Waals surface area contributed by atoms with Crippen LogP contribution in [0.2, 0.25) is 0 Å². The number of benzene rings is 2. The van der Waals surface area contributed by atoms with Crippen molar-refractivity contribution in [3.8, 4) is 0 Å². The van der Waals surface area contributed by atoms with Crippen molar-refractivity contribution in [1.82, 2.24) is 10.2 Å². The normalized spacial score (nSPS) is 16.0. The minimum absolute atomic E-state index is 0. The molecule has 1 saturated heterocycles. The van der Waals surface area contributed by atoms with Gasteiger partial charge < -0.3 is 10.6 Å². The van der Waals surface area contributed by atoms with Crippen LogP contribution in [0, 0.1) is 0 Å². The fourth-order valence-corrected chi connectivity index (χ4v) is 3.13. The van der Waals surface area contributed by atoms with E-state index in [9.17, 15) is 13.2 Å². The van der Waals surface area contributed by atoms with Gasteiger partial charge in [0, 0.05) is 38.4 Å². The molecule has 150 valence electrons. The zero-order valence-corrected chi connectivity index (χ0v) is 16.3. The molecule has 3 rings (SSSR count). The summed E-state index contributed by atoms with van der Waals surface area (Å²) in [7, 11) is 0. The second-order valence-electron chi connectivity index (χ2n) is 6.19. The van der Waals surface area contributed by atoms with Crippen molar-refractivity contribution >= 4 is 30.5 Å². The molecule has 2 aromatic carbocycles. The number of anilines is 1. The molecular weight excluding hydrogens is 398 g/mol. The van der Waals surface area contributed by atoms with E-state index in [1.54, 1.807) is 24.3 Å². The van der Waals surface area contributed by atoms with Crippen molar-refractivity contribution in [2.75, 3.05) is 31.5 Å². The predicted molar refractivity (Wildman–Crippen MR) is 108 cm³/mol. The fraction of sp³-hybridized carbons (Fsp3) is 0.368. The van der Waals surface area contributed by atoms with E-state index in [1.807, 2.05) is 30.3 Å². The Morgan fingerprint density at radius 3 is 2.07 bits per heavy atom. The van der Waals surface area contributed by atoms with Crippen LogP contribution in [0.1, 0.15) is 17.2 Å². The first-order chi connectivity index (χ1) is 12.0. The topological polar surface area (TPSA) is 27.3 Å². The van der Waals surface area contributed by atoms with E-state index in [1.165, 1.54) is 4.90 Å². The van der Waals surface area contributed by atoms with Gasteiger partial charge in [-0.15, -0.1) is 24.8 Å². The standard InChI is InChI=1S/C19H22F3N3.2ClH/c20-19(21,22)18(25-12-10-23-11-13-25)16-6-8-17(9-7-16)24-14-15-4-2-1-3-5-15;;/h1-9,18,23-24H,10-14H2;2*1H/t18-;;/m0../s1. The van der Waals surface area contributed by atoms with Gasteiger partial charge in [0.2, 0.25) is 0 Å². The second kappa shape index (κ2) is 10.8. The third-order valence-electron chi connectivity index (χ3n) is 4.39. The zero-order valence-electron chi connectivity index (χ0n) is 14.7. The monoisotopic (exact) mass is 421 g/mol. The van der Waals surface area contributed by atoms with Gasteiger partial charge in [-0.1, -0.05) is 42.5 Å². The van der Waals surface area contributed by atoms with Crippen LogP contribution in [-0.2, 0) is 6.54 Å². The van der Waals surface area contributed by atoms with E-state index < -0.39 is 12.2 Å². The molecule has 0 aliphatic carbocycles.